The van der Waals surface area contributed by atoms with Crippen molar-refractivity contribution in [3.8, 4) is 0 Å². The van der Waals surface area contributed by atoms with Crippen LogP contribution in [0.25, 0.3) is 0 Å². The molecule has 1 aliphatic rings. The zero-order chi connectivity index (χ0) is 15.7. The van der Waals surface area contributed by atoms with Crippen molar-refractivity contribution in [1.82, 2.24) is 5.43 Å². The van der Waals surface area contributed by atoms with E-state index in [0.29, 0.717) is 6.42 Å². The highest BCUT2D eigenvalue weighted by Gasteiger charge is 2.35. The molecule has 118 valence electrons. The molecule has 0 radical (unpaired) electrons. The summed E-state index contributed by atoms with van der Waals surface area (Å²) >= 11 is 0. The lowest BCUT2D eigenvalue weighted by Gasteiger charge is -2.30. The Hall–Kier alpha value is -0.910. The molecule has 5 heteroatoms. The minimum atomic E-state index is -3.06. The van der Waals surface area contributed by atoms with Crippen LogP contribution < -0.4 is 11.3 Å². The van der Waals surface area contributed by atoms with Crippen LogP contribution >= 0.6 is 0 Å². The number of sulfone groups is 1. The lowest BCUT2D eigenvalue weighted by atomic mass is 9.86. The van der Waals surface area contributed by atoms with Crippen molar-refractivity contribution >= 4 is 9.84 Å². The van der Waals surface area contributed by atoms with Crippen molar-refractivity contribution in [3.05, 3.63) is 35.4 Å². The number of hydrogen-bond acceptors (Lipinski definition) is 4. The van der Waals surface area contributed by atoms with Crippen LogP contribution in [0.1, 0.15) is 57.2 Å². The zero-order valence-corrected chi connectivity index (χ0v) is 13.9. The molecule has 2 unspecified atom stereocenters. The van der Waals surface area contributed by atoms with Gasteiger partial charge in [-0.1, -0.05) is 51.5 Å². The van der Waals surface area contributed by atoms with Gasteiger partial charge >= 0.3 is 0 Å². The first-order valence-corrected chi connectivity index (χ1v) is 9.25. The summed E-state index contributed by atoms with van der Waals surface area (Å²) in [7, 11) is -3.06. The van der Waals surface area contributed by atoms with Crippen molar-refractivity contribution in [2.24, 2.45) is 5.84 Å². The number of nitrogens with one attached hydrogen (secondary N) is 1. The van der Waals surface area contributed by atoms with Crippen LogP contribution in [0.4, 0.5) is 0 Å². The van der Waals surface area contributed by atoms with Crippen molar-refractivity contribution in [2.45, 2.75) is 56.7 Å². The molecule has 0 saturated carbocycles. The molecule has 21 heavy (non-hydrogen) atoms. The summed E-state index contributed by atoms with van der Waals surface area (Å²) in [4.78, 5) is 0. The third-order valence-electron chi connectivity index (χ3n) is 4.32. The molecule has 2 rings (SSSR count). The normalized spacial score (nSPS) is 23.7. The Morgan fingerprint density at radius 1 is 1.19 bits per heavy atom. The SMILES string of the molecule is CC(C)(C)c1ccc(C(NN)C2CCCCS2(=O)=O)cc1. The van der Waals surface area contributed by atoms with Gasteiger partial charge in [0.1, 0.15) is 0 Å². The van der Waals surface area contributed by atoms with Gasteiger partial charge in [-0.05, 0) is 29.4 Å². The largest absolute Gasteiger partial charge is 0.271 e. The van der Waals surface area contributed by atoms with E-state index < -0.39 is 15.1 Å². The third kappa shape index (κ3) is 3.65. The molecule has 0 aromatic heterocycles. The molecule has 4 nitrogen and oxygen atoms in total. The Kier molecular flexibility index (Phi) is 4.76. The molecule has 1 heterocycles. The van der Waals surface area contributed by atoms with E-state index in [1.165, 1.54) is 5.56 Å². The molecule has 2 atom stereocenters. The predicted molar refractivity (Wildman–Crippen MR) is 86.6 cm³/mol. The number of benzene rings is 1. The minimum absolute atomic E-state index is 0.0844. The fourth-order valence-corrected chi connectivity index (χ4v) is 5.05. The van der Waals surface area contributed by atoms with Gasteiger partial charge in [0.15, 0.2) is 9.84 Å². The maximum Gasteiger partial charge on any atom is 0.155 e. The van der Waals surface area contributed by atoms with Crippen LogP contribution in [0, 0.1) is 0 Å². The second-order valence-corrected chi connectivity index (χ2v) is 9.26. The summed E-state index contributed by atoms with van der Waals surface area (Å²) in [6, 6.07) is 7.79. The molecule has 1 aromatic carbocycles. The summed E-state index contributed by atoms with van der Waals surface area (Å²) in [6.07, 6.45) is 2.39. The quantitative estimate of drug-likeness (QED) is 0.664. The van der Waals surface area contributed by atoms with Crippen molar-refractivity contribution < 1.29 is 8.42 Å². The smallest absolute Gasteiger partial charge is 0.155 e. The second kappa shape index (κ2) is 6.07. The number of rotatable bonds is 3. The van der Waals surface area contributed by atoms with E-state index in [-0.39, 0.29) is 17.2 Å². The fraction of sp³-hybridized carbons (Fsp3) is 0.625. The van der Waals surface area contributed by atoms with Gasteiger partial charge in [-0.25, -0.2) is 8.42 Å². The summed E-state index contributed by atoms with van der Waals surface area (Å²) in [5, 5.41) is -0.420. The van der Waals surface area contributed by atoms with Crippen molar-refractivity contribution in [1.29, 1.82) is 0 Å². The first kappa shape index (κ1) is 16.5. The highest BCUT2D eigenvalue weighted by Crippen LogP contribution is 2.31. The van der Waals surface area contributed by atoms with E-state index in [1.807, 2.05) is 12.1 Å². The maximum atomic E-state index is 12.3. The van der Waals surface area contributed by atoms with Crippen molar-refractivity contribution in [3.63, 3.8) is 0 Å². The van der Waals surface area contributed by atoms with Gasteiger partial charge in [0, 0.05) is 0 Å². The Bertz CT molecular complexity index is 573. The van der Waals surface area contributed by atoms with Crippen LogP contribution in [0.3, 0.4) is 0 Å². The average molecular weight is 310 g/mol. The van der Waals surface area contributed by atoms with Gasteiger partial charge in [-0.15, -0.1) is 0 Å². The Morgan fingerprint density at radius 2 is 1.81 bits per heavy atom. The maximum absolute atomic E-state index is 12.3. The van der Waals surface area contributed by atoms with Gasteiger partial charge in [0.05, 0.1) is 17.0 Å². The van der Waals surface area contributed by atoms with Crippen LogP contribution in [-0.4, -0.2) is 19.4 Å². The van der Waals surface area contributed by atoms with E-state index in [2.05, 4.69) is 38.3 Å². The Balaban J connectivity index is 2.29. The standard InChI is InChI=1S/C16H26N2O2S/c1-16(2,3)13-9-7-12(8-10-13)15(18-17)14-6-4-5-11-21(14,19)20/h7-10,14-15,18H,4-6,11,17H2,1-3H3. The molecule has 1 saturated heterocycles. The molecule has 0 amide bonds. The third-order valence-corrected chi connectivity index (χ3v) is 6.60. The van der Waals surface area contributed by atoms with Crippen LogP contribution in [0.5, 0.6) is 0 Å². The lowest BCUT2D eigenvalue weighted by molar-refractivity contribution is 0.453. The summed E-state index contributed by atoms with van der Waals surface area (Å²) < 4.78 is 24.6. The molecule has 3 N–H and O–H groups in total. The summed E-state index contributed by atoms with van der Waals surface area (Å²) in [6.45, 7) is 6.48. The highest BCUT2D eigenvalue weighted by molar-refractivity contribution is 7.92. The summed E-state index contributed by atoms with van der Waals surface area (Å²) in [5.74, 6) is 5.94. The molecule has 1 aromatic rings. The topological polar surface area (TPSA) is 72.2 Å². The Morgan fingerprint density at radius 3 is 2.29 bits per heavy atom. The molecule has 1 fully saturated rings. The highest BCUT2D eigenvalue weighted by atomic mass is 32.2. The Labute approximate surface area is 128 Å². The molecule has 0 aliphatic carbocycles. The number of nitrogens with two attached hydrogens (primary N) is 1. The van der Waals surface area contributed by atoms with Gasteiger partial charge in [-0.3, -0.25) is 11.3 Å². The van der Waals surface area contributed by atoms with E-state index >= 15 is 0 Å². The first-order valence-electron chi connectivity index (χ1n) is 7.54. The molecule has 1 aliphatic heterocycles. The zero-order valence-electron chi connectivity index (χ0n) is 13.1. The molecular formula is C16H26N2O2S. The van der Waals surface area contributed by atoms with Gasteiger partial charge < -0.3 is 0 Å². The predicted octanol–water partition coefficient (Wildman–Crippen LogP) is 2.46. The van der Waals surface area contributed by atoms with E-state index in [1.54, 1.807) is 0 Å². The number of hydrogen-bond donors (Lipinski definition) is 2. The molecular weight excluding hydrogens is 284 g/mol. The van der Waals surface area contributed by atoms with Gasteiger partial charge in [-0.2, -0.15) is 0 Å². The van der Waals surface area contributed by atoms with Crippen LogP contribution in [0.2, 0.25) is 0 Å². The van der Waals surface area contributed by atoms with Crippen LogP contribution in [-0.2, 0) is 15.3 Å². The average Bonchev–Trinajstić information content (AvgIpc) is 2.41. The molecule has 0 spiro atoms. The summed E-state index contributed by atoms with van der Waals surface area (Å²) in [5.41, 5.74) is 4.98. The fourth-order valence-electron chi connectivity index (χ4n) is 2.96. The van der Waals surface area contributed by atoms with Crippen molar-refractivity contribution in [2.75, 3.05) is 5.75 Å². The van der Waals surface area contributed by atoms with E-state index in [4.69, 9.17) is 5.84 Å². The lowest BCUT2D eigenvalue weighted by Crippen LogP contribution is -2.43. The van der Waals surface area contributed by atoms with Gasteiger partial charge in [0.2, 0.25) is 0 Å². The van der Waals surface area contributed by atoms with E-state index in [9.17, 15) is 8.42 Å². The number of hydrazine groups is 1. The first-order chi connectivity index (χ1) is 9.75. The minimum Gasteiger partial charge on any atom is -0.271 e. The van der Waals surface area contributed by atoms with E-state index in [0.717, 1.165) is 18.4 Å². The van der Waals surface area contributed by atoms with Gasteiger partial charge in [0.25, 0.3) is 0 Å². The second-order valence-electron chi connectivity index (χ2n) is 6.92. The monoisotopic (exact) mass is 310 g/mol. The molecule has 0 bridgehead atoms. The van der Waals surface area contributed by atoms with Crippen LogP contribution in [0.15, 0.2) is 24.3 Å².